The summed E-state index contributed by atoms with van der Waals surface area (Å²) >= 11 is 0. The van der Waals surface area contributed by atoms with E-state index < -0.39 is 16.1 Å². The van der Waals surface area contributed by atoms with Crippen LogP contribution in [0, 0.1) is 0 Å². The van der Waals surface area contributed by atoms with E-state index in [4.69, 9.17) is 9.47 Å². The van der Waals surface area contributed by atoms with Crippen molar-refractivity contribution in [3.05, 3.63) is 23.7 Å². The third kappa shape index (κ3) is 11.3. The second-order valence-corrected chi connectivity index (χ2v) is 18.8. The maximum absolute atomic E-state index is 5.50. The molecule has 0 unspecified atom stereocenters. The molecular formula is C16H34O2Si2. The van der Waals surface area contributed by atoms with Gasteiger partial charge in [0.05, 0.1) is 25.7 Å². The molecule has 0 spiro atoms. The second-order valence-electron chi connectivity index (χ2n) is 7.78. The zero-order chi connectivity index (χ0) is 15.8. The first-order valence-corrected chi connectivity index (χ1v) is 14.9. The first-order chi connectivity index (χ1) is 9.07. The lowest BCUT2D eigenvalue weighted by molar-refractivity contribution is 0.249. The quantitative estimate of drug-likeness (QED) is 0.413. The molecule has 0 saturated carbocycles. The number of rotatable bonds is 9. The molecule has 0 aromatic heterocycles. The first-order valence-electron chi connectivity index (χ1n) is 7.53. The summed E-state index contributed by atoms with van der Waals surface area (Å²) in [5.74, 6) is 2.20. The average molecular weight is 315 g/mol. The lowest BCUT2D eigenvalue weighted by Gasteiger charge is -2.16. The summed E-state index contributed by atoms with van der Waals surface area (Å²) in [7, 11) is 1.47. The molecule has 0 heterocycles. The van der Waals surface area contributed by atoms with Crippen LogP contribution >= 0.6 is 0 Å². The van der Waals surface area contributed by atoms with Crippen LogP contribution < -0.4 is 0 Å². The van der Waals surface area contributed by atoms with Crippen molar-refractivity contribution in [1.29, 1.82) is 0 Å². The summed E-state index contributed by atoms with van der Waals surface area (Å²) in [6.45, 7) is 14.3. The molecule has 4 heteroatoms. The van der Waals surface area contributed by atoms with E-state index in [0.717, 1.165) is 24.4 Å². The fraction of sp³-hybridized carbons (Fsp3) is 0.750. The standard InChI is InChI=1S/C16H34O2Si2/c1-17-15(11-13-19(3,4)5)9-10-16(18-2)12-14-20(6,7)8/h11-12H,9-10,13-14H2,1-8H3. The molecule has 0 atom stereocenters. The predicted octanol–water partition coefficient (Wildman–Crippen LogP) is 5.50. The van der Waals surface area contributed by atoms with E-state index in [2.05, 4.69) is 51.4 Å². The predicted molar refractivity (Wildman–Crippen MR) is 95.7 cm³/mol. The number of allylic oxidation sites excluding steroid dienone is 4. The SMILES string of the molecule is COC(=CC[Si](C)(C)C)CCC(=CC[Si](C)(C)C)OC. The Balaban J connectivity index is 4.46. The highest BCUT2D eigenvalue weighted by Gasteiger charge is 2.13. The van der Waals surface area contributed by atoms with Crippen LogP contribution in [0.1, 0.15) is 12.8 Å². The van der Waals surface area contributed by atoms with Crippen LogP contribution in [0.3, 0.4) is 0 Å². The molecule has 0 amide bonds. The Kier molecular flexibility index (Phi) is 8.51. The van der Waals surface area contributed by atoms with E-state index in [1.54, 1.807) is 14.2 Å². The molecule has 0 aliphatic heterocycles. The third-order valence-electron chi connectivity index (χ3n) is 3.03. The molecule has 0 aliphatic carbocycles. The van der Waals surface area contributed by atoms with Gasteiger partial charge in [-0.2, -0.15) is 0 Å². The highest BCUT2D eigenvalue weighted by molar-refractivity contribution is 6.76. The van der Waals surface area contributed by atoms with Gasteiger partial charge in [0, 0.05) is 29.0 Å². The number of ether oxygens (including phenoxy) is 2. The van der Waals surface area contributed by atoms with Crippen molar-refractivity contribution in [2.75, 3.05) is 14.2 Å². The van der Waals surface area contributed by atoms with Gasteiger partial charge in [-0.25, -0.2) is 0 Å². The lowest BCUT2D eigenvalue weighted by atomic mass is 10.2. The minimum Gasteiger partial charge on any atom is -0.501 e. The largest absolute Gasteiger partial charge is 0.501 e. The molecule has 0 aromatic rings. The summed E-state index contributed by atoms with van der Waals surface area (Å²) in [5.41, 5.74) is 0. The molecule has 20 heavy (non-hydrogen) atoms. The Hall–Kier alpha value is -0.486. The molecule has 0 saturated heterocycles. The average Bonchev–Trinajstić information content (AvgIpc) is 2.30. The van der Waals surface area contributed by atoms with E-state index >= 15 is 0 Å². The molecule has 2 nitrogen and oxygen atoms in total. The van der Waals surface area contributed by atoms with Crippen LogP contribution in [0.4, 0.5) is 0 Å². The molecule has 0 bridgehead atoms. The fourth-order valence-electron chi connectivity index (χ4n) is 1.66. The van der Waals surface area contributed by atoms with Gasteiger partial charge < -0.3 is 9.47 Å². The van der Waals surface area contributed by atoms with E-state index in [1.165, 1.54) is 12.1 Å². The van der Waals surface area contributed by atoms with E-state index in [9.17, 15) is 0 Å². The molecule has 0 fully saturated rings. The molecule has 0 radical (unpaired) electrons. The highest BCUT2D eigenvalue weighted by Crippen LogP contribution is 2.19. The maximum atomic E-state index is 5.50. The fourth-order valence-corrected chi connectivity index (χ4v) is 3.34. The van der Waals surface area contributed by atoms with Gasteiger partial charge in [0.25, 0.3) is 0 Å². The zero-order valence-electron chi connectivity index (χ0n) is 14.8. The molecule has 0 N–H and O–H groups in total. The van der Waals surface area contributed by atoms with Crippen molar-refractivity contribution in [3.8, 4) is 0 Å². The molecule has 118 valence electrons. The molecule has 0 rings (SSSR count). The van der Waals surface area contributed by atoms with Crippen molar-refractivity contribution in [3.63, 3.8) is 0 Å². The van der Waals surface area contributed by atoms with Gasteiger partial charge >= 0.3 is 0 Å². The highest BCUT2D eigenvalue weighted by atomic mass is 28.3. The Labute approximate surface area is 128 Å². The minimum atomic E-state index is -1.04. The Morgan fingerprint density at radius 1 is 0.700 bits per heavy atom. The van der Waals surface area contributed by atoms with Gasteiger partial charge in [0.2, 0.25) is 0 Å². The zero-order valence-corrected chi connectivity index (χ0v) is 16.8. The first kappa shape index (κ1) is 19.5. The summed E-state index contributed by atoms with van der Waals surface area (Å²) in [6.07, 6.45) is 6.43. The van der Waals surface area contributed by atoms with Gasteiger partial charge in [0.1, 0.15) is 0 Å². The van der Waals surface area contributed by atoms with Crippen LogP contribution in [-0.4, -0.2) is 30.4 Å². The van der Waals surface area contributed by atoms with Crippen LogP contribution in [-0.2, 0) is 9.47 Å². The third-order valence-corrected chi connectivity index (χ3v) is 5.88. The van der Waals surface area contributed by atoms with Crippen LogP contribution in [0.25, 0.3) is 0 Å². The van der Waals surface area contributed by atoms with Crippen molar-refractivity contribution in [2.45, 2.75) is 64.2 Å². The van der Waals surface area contributed by atoms with Gasteiger partial charge in [0.15, 0.2) is 0 Å². The Morgan fingerprint density at radius 2 is 1.00 bits per heavy atom. The van der Waals surface area contributed by atoms with E-state index in [0.29, 0.717) is 0 Å². The Morgan fingerprint density at radius 3 is 1.20 bits per heavy atom. The smallest absolute Gasteiger partial charge is 0.0917 e. The lowest BCUT2D eigenvalue weighted by Crippen LogP contribution is -2.18. The van der Waals surface area contributed by atoms with Crippen molar-refractivity contribution in [1.82, 2.24) is 0 Å². The number of hydrogen-bond acceptors (Lipinski definition) is 2. The van der Waals surface area contributed by atoms with Crippen molar-refractivity contribution in [2.24, 2.45) is 0 Å². The second kappa shape index (κ2) is 8.72. The van der Waals surface area contributed by atoms with E-state index in [1.807, 2.05) is 0 Å². The summed E-state index contributed by atoms with van der Waals surface area (Å²) < 4.78 is 11.0. The number of methoxy groups -OCH3 is 2. The van der Waals surface area contributed by atoms with Gasteiger partial charge in [-0.3, -0.25) is 0 Å². The van der Waals surface area contributed by atoms with Crippen LogP contribution in [0.5, 0.6) is 0 Å². The summed E-state index contributed by atoms with van der Waals surface area (Å²) in [6, 6.07) is 2.36. The molecule has 0 aliphatic rings. The summed E-state index contributed by atoms with van der Waals surface area (Å²) in [4.78, 5) is 0. The molecular weight excluding hydrogens is 280 g/mol. The normalized spacial score (nSPS) is 14.4. The minimum absolute atomic E-state index is 0.937. The maximum Gasteiger partial charge on any atom is 0.0917 e. The topological polar surface area (TPSA) is 18.5 Å². The van der Waals surface area contributed by atoms with Crippen LogP contribution in [0.2, 0.25) is 51.4 Å². The van der Waals surface area contributed by atoms with Gasteiger partial charge in [-0.05, 0) is 24.2 Å². The van der Waals surface area contributed by atoms with Crippen molar-refractivity contribution >= 4 is 16.1 Å². The Bertz CT molecular complexity index is 299. The number of hydrogen-bond donors (Lipinski definition) is 0. The van der Waals surface area contributed by atoms with Crippen molar-refractivity contribution < 1.29 is 9.47 Å². The van der Waals surface area contributed by atoms with Gasteiger partial charge in [-0.15, -0.1) is 0 Å². The summed E-state index contributed by atoms with van der Waals surface area (Å²) in [5, 5.41) is 0. The molecule has 0 aromatic carbocycles. The monoisotopic (exact) mass is 314 g/mol. The van der Waals surface area contributed by atoms with Crippen LogP contribution in [0.15, 0.2) is 23.7 Å². The van der Waals surface area contributed by atoms with E-state index in [-0.39, 0.29) is 0 Å². The van der Waals surface area contributed by atoms with Gasteiger partial charge in [-0.1, -0.05) is 39.3 Å².